The summed E-state index contributed by atoms with van der Waals surface area (Å²) >= 11 is 0. The Labute approximate surface area is 197 Å². The van der Waals surface area contributed by atoms with Crippen LogP contribution in [0.1, 0.15) is 87.6 Å². The second-order valence-corrected chi connectivity index (χ2v) is 12.2. The third-order valence-corrected chi connectivity index (χ3v) is 11.1. The van der Waals surface area contributed by atoms with Crippen LogP contribution in [0.5, 0.6) is 0 Å². The number of hydrogen-bond donors (Lipinski definition) is 1. The quantitative estimate of drug-likeness (QED) is 0.594. The van der Waals surface area contributed by atoms with Gasteiger partial charge in [0.05, 0.1) is 0 Å². The van der Waals surface area contributed by atoms with Crippen molar-refractivity contribution in [2.45, 2.75) is 77.2 Å². The summed E-state index contributed by atoms with van der Waals surface area (Å²) in [7, 11) is 0. The van der Waals surface area contributed by atoms with Crippen LogP contribution in [-0.2, 0) is 4.79 Å². The molecule has 0 saturated heterocycles. The number of allylic oxidation sites excluding steroid dienone is 1. The van der Waals surface area contributed by atoms with Crippen LogP contribution in [0.2, 0.25) is 0 Å². The van der Waals surface area contributed by atoms with Gasteiger partial charge in [-0.1, -0.05) is 50.3 Å². The number of Topliss-reactive ketones (excluding diaryl/α,β-unsaturated/α-hetero) is 1. The third-order valence-electron chi connectivity index (χ3n) is 11.1. The Balaban J connectivity index is 1.27. The molecule has 0 aromatic heterocycles. The highest BCUT2D eigenvalue weighted by Crippen LogP contribution is 2.67. The summed E-state index contributed by atoms with van der Waals surface area (Å²) in [5.74, 6) is 2.50. The normalized spacial score (nSPS) is 44.1. The highest BCUT2D eigenvalue weighted by atomic mass is 16.3. The van der Waals surface area contributed by atoms with Crippen molar-refractivity contribution in [3.63, 3.8) is 0 Å². The summed E-state index contributed by atoms with van der Waals surface area (Å²) in [5.41, 5.74) is 2.34. The van der Waals surface area contributed by atoms with E-state index in [9.17, 15) is 14.7 Å². The molecule has 5 aliphatic carbocycles. The van der Waals surface area contributed by atoms with E-state index >= 15 is 0 Å². The van der Waals surface area contributed by atoms with Gasteiger partial charge in [0.15, 0.2) is 17.2 Å². The van der Waals surface area contributed by atoms with Crippen LogP contribution in [-0.4, -0.2) is 22.3 Å². The van der Waals surface area contributed by atoms with Crippen molar-refractivity contribution in [1.82, 2.24) is 0 Å². The van der Waals surface area contributed by atoms with Crippen LogP contribution in [0, 0.1) is 34.5 Å². The maximum absolute atomic E-state index is 13.3. The molecule has 0 spiro atoms. The molecule has 1 aromatic carbocycles. The molecule has 3 saturated carbocycles. The molecule has 174 valence electrons. The second-order valence-electron chi connectivity index (χ2n) is 12.2. The van der Waals surface area contributed by atoms with E-state index in [1.807, 2.05) is 30.3 Å². The van der Waals surface area contributed by atoms with Crippen molar-refractivity contribution in [3.8, 4) is 0 Å². The van der Waals surface area contributed by atoms with Crippen LogP contribution in [0.4, 0.5) is 0 Å². The van der Waals surface area contributed by atoms with Crippen LogP contribution in [0.15, 0.2) is 42.5 Å². The molecule has 7 atom stereocenters. The molecular weight excluding hydrogens is 408 g/mol. The molecule has 0 radical (unpaired) electrons. The number of aliphatic hydroxyl groups is 1. The van der Waals surface area contributed by atoms with Crippen LogP contribution >= 0.6 is 0 Å². The Kier molecular flexibility index (Phi) is 4.57. The fraction of sp³-hybridized carbons (Fsp3) is 0.600. The van der Waals surface area contributed by atoms with Gasteiger partial charge in [-0.15, -0.1) is 0 Å². The van der Waals surface area contributed by atoms with E-state index in [0.29, 0.717) is 53.4 Å². The van der Waals surface area contributed by atoms with Gasteiger partial charge in [0.2, 0.25) is 0 Å². The average Bonchev–Trinajstić information content (AvgIpc) is 3.22. The van der Waals surface area contributed by atoms with E-state index in [1.165, 1.54) is 24.8 Å². The Hall–Kier alpha value is -2.00. The molecule has 3 nitrogen and oxygen atoms in total. The Bertz CT molecular complexity index is 1060. The van der Waals surface area contributed by atoms with Gasteiger partial charge in [-0.3, -0.25) is 9.59 Å². The molecular formula is C30H36O3. The van der Waals surface area contributed by atoms with E-state index in [0.717, 1.165) is 31.2 Å². The molecule has 6 rings (SSSR count). The maximum Gasteiger partial charge on any atom is 0.199 e. The van der Waals surface area contributed by atoms with E-state index in [4.69, 9.17) is 0 Å². The lowest BCUT2D eigenvalue weighted by atomic mass is 9.46. The summed E-state index contributed by atoms with van der Waals surface area (Å²) in [6.45, 7) is 9.06. The third kappa shape index (κ3) is 2.78. The van der Waals surface area contributed by atoms with Crippen molar-refractivity contribution in [2.75, 3.05) is 0 Å². The van der Waals surface area contributed by atoms with Crippen LogP contribution in [0.3, 0.4) is 0 Å². The summed E-state index contributed by atoms with van der Waals surface area (Å²) in [5, 5.41) is 11.7. The van der Waals surface area contributed by atoms with Crippen LogP contribution in [0.25, 0.3) is 5.57 Å². The fourth-order valence-corrected chi connectivity index (χ4v) is 9.10. The fourth-order valence-electron chi connectivity index (χ4n) is 9.10. The predicted molar refractivity (Wildman–Crippen MR) is 130 cm³/mol. The van der Waals surface area contributed by atoms with Crippen molar-refractivity contribution < 1.29 is 14.7 Å². The zero-order valence-corrected chi connectivity index (χ0v) is 20.0. The molecule has 0 heterocycles. The van der Waals surface area contributed by atoms with Crippen molar-refractivity contribution in [1.29, 1.82) is 0 Å². The first-order valence-electron chi connectivity index (χ1n) is 13.0. The number of benzene rings is 1. The zero-order chi connectivity index (χ0) is 23.2. The topological polar surface area (TPSA) is 54.4 Å². The van der Waals surface area contributed by atoms with Crippen molar-refractivity contribution >= 4 is 17.1 Å². The summed E-state index contributed by atoms with van der Waals surface area (Å²) in [6.07, 6.45) is 11.1. The molecule has 7 unspecified atom stereocenters. The molecule has 1 aromatic rings. The highest BCUT2D eigenvalue weighted by molar-refractivity contribution is 6.18. The number of hydrogen-bond acceptors (Lipinski definition) is 3. The number of carbonyl (C=O) groups is 2. The maximum atomic E-state index is 13.3. The van der Waals surface area contributed by atoms with E-state index in [-0.39, 0.29) is 16.6 Å². The Morgan fingerprint density at radius 3 is 2.48 bits per heavy atom. The first-order chi connectivity index (χ1) is 15.7. The molecule has 3 heteroatoms. The van der Waals surface area contributed by atoms with Gasteiger partial charge in [-0.05, 0) is 103 Å². The standard InChI is InChI=1S/C30H36O3/c1-18-22-6-4-5-7-23(22)27(32)30(18,33)17-20-9-11-25-24-10-8-19-16-21(31)12-14-28(19,2)26(24)13-15-29(20,25)3/h4-7,16,20,24-26,33H,1,8-15,17H2,2-3H3. The molecule has 33 heavy (non-hydrogen) atoms. The number of fused-ring (bicyclic) bond motifs is 6. The zero-order valence-electron chi connectivity index (χ0n) is 20.0. The van der Waals surface area contributed by atoms with Gasteiger partial charge < -0.3 is 5.11 Å². The summed E-state index contributed by atoms with van der Waals surface area (Å²) in [4.78, 5) is 25.4. The minimum Gasteiger partial charge on any atom is -0.377 e. The molecule has 3 fully saturated rings. The van der Waals surface area contributed by atoms with Gasteiger partial charge in [0.25, 0.3) is 0 Å². The van der Waals surface area contributed by atoms with Gasteiger partial charge in [0.1, 0.15) is 0 Å². The molecule has 1 N–H and O–H groups in total. The largest absolute Gasteiger partial charge is 0.377 e. The Morgan fingerprint density at radius 2 is 1.73 bits per heavy atom. The predicted octanol–water partition coefficient (Wildman–Crippen LogP) is 6.17. The molecule has 5 aliphatic rings. The Morgan fingerprint density at radius 1 is 0.970 bits per heavy atom. The number of carbonyl (C=O) groups excluding carboxylic acids is 2. The SMILES string of the molecule is C=C1c2ccccc2C(=O)C1(O)CC1CCC2C3CCC4=CC(=O)CCC4(C)C3CCC12C. The minimum atomic E-state index is -1.46. The van der Waals surface area contributed by atoms with Gasteiger partial charge in [-0.25, -0.2) is 0 Å². The van der Waals surface area contributed by atoms with E-state index < -0.39 is 5.60 Å². The first-order valence-corrected chi connectivity index (χ1v) is 13.0. The monoisotopic (exact) mass is 444 g/mol. The lowest BCUT2D eigenvalue weighted by molar-refractivity contribution is -0.117. The molecule has 0 bridgehead atoms. The van der Waals surface area contributed by atoms with Crippen molar-refractivity contribution in [3.05, 3.63) is 53.6 Å². The molecule has 0 aliphatic heterocycles. The second kappa shape index (κ2) is 7.01. The number of ketones is 2. The first kappa shape index (κ1) is 21.5. The van der Waals surface area contributed by atoms with E-state index in [2.05, 4.69) is 20.4 Å². The van der Waals surface area contributed by atoms with Crippen LogP contribution < -0.4 is 0 Å². The summed E-state index contributed by atoms with van der Waals surface area (Å²) < 4.78 is 0. The minimum absolute atomic E-state index is 0.157. The lowest BCUT2D eigenvalue weighted by Gasteiger charge is -2.58. The van der Waals surface area contributed by atoms with Gasteiger partial charge in [0, 0.05) is 12.0 Å². The van der Waals surface area contributed by atoms with Gasteiger partial charge >= 0.3 is 0 Å². The summed E-state index contributed by atoms with van der Waals surface area (Å²) in [6, 6.07) is 7.53. The molecule has 0 amide bonds. The smallest absolute Gasteiger partial charge is 0.199 e. The highest BCUT2D eigenvalue weighted by Gasteiger charge is 2.60. The average molecular weight is 445 g/mol. The van der Waals surface area contributed by atoms with E-state index in [1.54, 1.807) is 0 Å². The lowest BCUT2D eigenvalue weighted by Crippen LogP contribution is -2.51. The number of rotatable bonds is 2. The van der Waals surface area contributed by atoms with Gasteiger partial charge in [-0.2, -0.15) is 0 Å². The van der Waals surface area contributed by atoms with Crippen molar-refractivity contribution in [2.24, 2.45) is 34.5 Å².